The number of rotatable bonds is 2. The van der Waals surface area contributed by atoms with Crippen LogP contribution in [0.25, 0.3) is 10.9 Å². The van der Waals surface area contributed by atoms with E-state index in [1.165, 1.54) is 6.07 Å². The van der Waals surface area contributed by atoms with E-state index in [1.54, 1.807) is 18.2 Å². The van der Waals surface area contributed by atoms with Gasteiger partial charge >= 0.3 is 6.18 Å². The van der Waals surface area contributed by atoms with Crippen LogP contribution in [0.4, 0.5) is 19.0 Å². The zero-order valence-electron chi connectivity index (χ0n) is 9.92. The van der Waals surface area contributed by atoms with E-state index in [0.29, 0.717) is 5.39 Å². The third-order valence-corrected chi connectivity index (χ3v) is 2.28. The number of alkyl halides is 3. The minimum atomic E-state index is -4.54. The van der Waals surface area contributed by atoms with Crippen molar-refractivity contribution in [2.45, 2.75) is 26.1 Å². The molecule has 0 unspecified atom stereocenters. The van der Waals surface area contributed by atoms with Gasteiger partial charge in [-0.15, -0.1) is 0 Å². The molecular formula is C12H12F3N3. The second-order valence-electron chi connectivity index (χ2n) is 4.21. The van der Waals surface area contributed by atoms with Gasteiger partial charge in [0, 0.05) is 11.4 Å². The molecule has 1 aromatic heterocycles. The molecule has 0 bridgehead atoms. The first-order chi connectivity index (χ1) is 8.38. The highest BCUT2D eigenvalue weighted by atomic mass is 19.4. The van der Waals surface area contributed by atoms with Gasteiger partial charge in [0.1, 0.15) is 5.82 Å². The lowest BCUT2D eigenvalue weighted by molar-refractivity contribution is -0.144. The normalized spacial score (nSPS) is 12.1. The molecule has 3 nitrogen and oxygen atoms in total. The van der Waals surface area contributed by atoms with Gasteiger partial charge in [-0.05, 0) is 26.0 Å². The molecule has 0 amide bonds. The summed E-state index contributed by atoms with van der Waals surface area (Å²) < 4.78 is 38.0. The maximum absolute atomic E-state index is 12.7. The fraction of sp³-hybridized carbons (Fsp3) is 0.333. The van der Waals surface area contributed by atoms with Crippen molar-refractivity contribution in [3.8, 4) is 0 Å². The quantitative estimate of drug-likeness (QED) is 0.892. The molecule has 0 radical (unpaired) electrons. The minimum Gasteiger partial charge on any atom is -0.367 e. The molecule has 0 aliphatic heterocycles. The lowest BCUT2D eigenvalue weighted by atomic mass is 10.2. The largest absolute Gasteiger partial charge is 0.451 e. The maximum atomic E-state index is 12.7. The van der Waals surface area contributed by atoms with Crippen LogP contribution in [-0.4, -0.2) is 16.0 Å². The highest BCUT2D eigenvalue weighted by Gasteiger charge is 2.35. The third-order valence-electron chi connectivity index (χ3n) is 2.28. The van der Waals surface area contributed by atoms with E-state index in [-0.39, 0.29) is 17.4 Å². The highest BCUT2D eigenvalue weighted by Crippen LogP contribution is 2.30. The summed E-state index contributed by atoms with van der Waals surface area (Å²) in [5.41, 5.74) is 0.281. The van der Waals surface area contributed by atoms with E-state index >= 15 is 0 Å². The van der Waals surface area contributed by atoms with Gasteiger partial charge in [-0.2, -0.15) is 13.2 Å². The molecule has 0 atom stereocenters. The topological polar surface area (TPSA) is 37.8 Å². The number of anilines is 1. The van der Waals surface area contributed by atoms with Gasteiger partial charge in [0.2, 0.25) is 5.82 Å². The Bertz CT molecular complexity index is 564. The van der Waals surface area contributed by atoms with Crippen LogP contribution in [0.2, 0.25) is 0 Å². The summed E-state index contributed by atoms with van der Waals surface area (Å²) in [5.74, 6) is -0.910. The molecule has 0 spiro atoms. The fourth-order valence-electron chi connectivity index (χ4n) is 1.59. The lowest BCUT2D eigenvalue weighted by Gasteiger charge is -2.14. The molecule has 18 heavy (non-hydrogen) atoms. The first-order valence-electron chi connectivity index (χ1n) is 5.48. The van der Waals surface area contributed by atoms with Crippen molar-refractivity contribution in [1.29, 1.82) is 0 Å². The number of aromatic nitrogens is 2. The van der Waals surface area contributed by atoms with E-state index in [9.17, 15) is 13.2 Å². The Hall–Kier alpha value is -1.85. The van der Waals surface area contributed by atoms with Gasteiger partial charge in [0.25, 0.3) is 0 Å². The molecule has 2 rings (SSSR count). The van der Waals surface area contributed by atoms with E-state index < -0.39 is 12.0 Å². The van der Waals surface area contributed by atoms with Gasteiger partial charge in [-0.1, -0.05) is 12.1 Å². The summed E-state index contributed by atoms with van der Waals surface area (Å²) in [5, 5.41) is 3.49. The number of benzene rings is 1. The molecular weight excluding hydrogens is 243 g/mol. The number of fused-ring (bicyclic) bond motifs is 1. The number of nitrogens with zero attached hydrogens (tertiary/aromatic N) is 2. The fourth-order valence-corrected chi connectivity index (χ4v) is 1.59. The number of hydrogen-bond donors (Lipinski definition) is 1. The molecule has 0 aliphatic carbocycles. The number of nitrogens with one attached hydrogen (secondary N) is 1. The van der Waals surface area contributed by atoms with Gasteiger partial charge in [0.15, 0.2) is 0 Å². The maximum Gasteiger partial charge on any atom is 0.451 e. The second kappa shape index (κ2) is 4.44. The van der Waals surface area contributed by atoms with Crippen LogP contribution >= 0.6 is 0 Å². The average molecular weight is 255 g/mol. The molecule has 1 N–H and O–H groups in total. The van der Waals surface area contributed by atoms with Crippen LogP contribution < -0.4 is 5.32 Å². The summed E-state index contributed by atoms with van der Waals surface area (Å²) in [6, 6.07) is 6.61. The standard InChI is InChI=1S/C12H12F3N3/c1-7(2)16-10-8-5-3-4-6-9(8)17-11(18-10)12(13,14)15/h3-7H,1-2H3,(H,16,17,18). The zero-order valence-corrected chi connectivity index (χ0v) is 9.92. The van der Waals surface area contributed by atoms with Crippen molar-refractivity contribution in [2.75, 3.05) is 5.32 Å². The first kappa shape index (κ1) is 12.6. The average Bonchev–Trinajstić information content (AvgIpc) is 2.27. The van der Waals surface area contributed by atoms with Gasteiger partial charge in [-0.25, -0.2) is 9.97 Å². The van der Waals surface area contributed by atoms with Gasteiger partial charge < -0.3 is 5.32 Å². The van der Waals surface area contributed by atoms with Crippen LogP contribution in [-0.2, 0) is 6.18 Å². The van der Waals surface area contributed by atoms with Crippen molar-refractivity contribution in [3.05, 3.63) is 30.1 Å². The molecule has 1 heterocycles. The predicted molar refractivity (Wildman–Crippen MR) is 63.3 cm³/mol. The van der Waals surface area contributed by atoms with E-state index in [0.717, 1.165) is 0 Å². The SMILES string of the molecule is CC(C)Nc1nc(C(F)(F)F)nc2ccccc12. The smallest absolute Gasteiger partial charge is 0.367 e. The van der Waals surface area contributed by atoms with Crippen LogP contribution in [0, 0.1) is 0 Å². The Kier molecular flexibility index (Phi) is 3.11. The monoisotopic (exact) mass is 255 g/mol. The highest BCUT2D eigenvalue weighted by molar-refractivity contribution is 5.89. The molecule has 0 fully saturated rings. The van der Waals surface area contributed by atoms with Gasteiger partial charge in [0.05, 0.1) is 5.52 Å². The molecule has 0 aliphatic rings. The van der Waals surface area contributed by atoms with Crippen molar-refractivity contribution in [3.63, 3.8) is 0 Å². The van der Waals surface area contributed by atoms with E-state index in [2.05, 4.69) is 15.3 Å². The van der Waals surface area contributed by atoms with E-state index in [1.807, 2.05) is 13.8 Å². The number of para-hydroxylation sites is 1. The predicted octanol–water partition coefficient (Wildman–Crippen LogP) is 3.47. The number of halogens is 3. The van der Waals surface area contributed by atoms with Crippen molar-refractivity contribution >= 4 is 16.7 Å². The molecule has 0 saturated carbocycles. The van der Waals surface area contributed by atoms with Crippen LogP contribution in [0.15, 0.2) is 24.3 Å². The summed E-state index contributed by atoms with van der Waals surface area (Å²) in [7, 11) is 0. The summed E-state index contributed by atoms with van der Waals surface area (Å²) in [6.07, 6.45) is -4.54. The molecule has 2 aromatic rings. The summed E-state index contributed by atoms with van der Waals surface area (Å²) in [6.45, 7) is 3.67. The second-order valence-corrected chi connectivity index (χ2v) is 4.21. The van der Waals surface area contributed by atoms with Gasteiger partial charge in [-0.3, -0.25) is 0 Å². The molecule has 6 heteroatoms. The van der Waals surface area contributed by atoms with Crippen LogP contribution in [0.1, 0.15) is 19.7 Å². The Morgan fingerprint density at radius 2 is 1.78 bits per heavy atom. The zero-order chi connectivity index (χ0) is 13.3. The Morgan fingerprint density at radius 1 is 1.11 bits per heavy atom. The molecule has 96 valence electrons. The van der Waals surface area contributed by atoms with Crippen molar-refractivity contribution in [2.24, 2.45) is 0 Å². The number of hydrogen-bond acceptors (Lipinski definition) is 3. The lowest BCUT2D eigenvalue weighted by Crippen LogP contribution is -2.16. The Balaban J connectivity index is 2.64. The summed E-state index contributed by atoms with van der Waals surface area (Å²) in [4.78, 5) is 7.10. The van der Waals surface area contributed by atoms with Crippen molar-refractivity contribution in [1.82, 2.24) is 9.97 Å². The van der Waals surface area contributed by atoms with Crippen LogP contribution in [0.3, 0.4) is 0 Å². The molecule has 0 saturated heterocycles. The third kappa shape index (κ3) is 2.52. The molecule has 1 aromatic carbocycles. The Labute approximate surface area is 102 Å². The first-order valence-corrected chi connectivity index (χ1v) is 5.48. The van der Waals surface area contributed by atoms with Crippen molar-refractivity contribution < 1.29 is 13.2 Å². The minimum absolute atomic E-state index is 0.00982. The van der Waals surface area contributed by atoms with E-state index in [4.69, 9.17) is 0 Å². The Morgan fingerprint density at radius 3 is 2.39 bits per heavy atom. The van der Waals surface area contributed by atoms with Crippen LogP contribution in [0.5, 0.6) is 0 Å². The summed E-state index contributed by atoms with van der Waals surface area (Å²) >= 11 is 0.